The molecule has 0 aliphatic carbocycles. The van der Waals surface area contributed by atoms with Crippen LogP contribution in [0.1, 0.15) is 16.7 Å². The molecule has 26 heavy (non-hydrogen) atoms. The minimum atomic E-state index is -1.16. The van der Waals surface area contributed by atoms with E-state index in [0.717, 1.165) is 22.9 Å². The summed E-state index contributed by atoms with van der Waals surface area (Å²) in [5.74, 6) is -1.16. The normalized spacial score (nSPS) is 10.9. The quantitative estimate of drug-likeness (QED) is 0.319. The van der Waals surface area contributed by atoms with Gasteiger partial charge in [-0.1, -0.05) is 96.2 Å². The second kappa shape index (κ2) is 9.34. The van der Waals surface area contributed by atoms with Crippen molar-refractivity contribution in [3.05, 3.63) is 108 Å². The van der Waals surface area contributed by atoms with Crippen LogP contribution in [0.3, 0.4) is 0 Å². The number of rotatable bonds is 6. The van der Waals surface area contributed by atoms with Gasteiger partial charge >= 0.3 is 35.5 Å². The zero-order chi connectivity index (χ0) is 17.5. The molecule has 0 saturated heterocycles. The Morgan fingerprint density at radius 3 is 1.42 bits per heavy atom. The molecule has 3 aromatic rings. The molecule has 0 aliphatic heterocycles. The van der Waals surface area contributed by atoms with E-state index >= 15 is 0 Å². The maximum atomic E-state index is 10.9. The number of hydrogen-bond donors (Lipinski definition) is 1. The molecule has 1 N–H and O–H groups in total. The van der Waals surface area contributed by atoms with Crippen LogP contribution in [0.2, 0.25) is 0 Å². The molecule has 0 unspecified atom stereocenters. The van der Waals surface area contributed by atoms with Crippen molar-refractivity contribution in [2.24, 2.45) is 5.16 Å². The van der Waals surface area contributed by atoms with Crippen LogP contribution in [0.15, 0.2) is 96.2 Å². The fourth-order valence-corrected chi connectivity index (χ4v) is 2.83. The monoisotopic (exact) mass is 355 g/mol. The molecule has 0 radical (unpaired) electrons. The number of carboxylic acids is 1. The number of carboxylic acid groups (broad SMARTS) is 1. The molecule has 0 heterocycles. The van der Waals surface area contributed by atoms with E-state index in [2.05, 4.69) is 5.16 Å². The number of oxime groups is 1. The summed E-state index contributed by atoms with van der Waals surface area (Å²) in [4.78, 5) is 16.8. The van der Waals surface area contributed by atoms with Crippen LogP contribution in [0.4, 0.5) is 0 Å². The first-order valence-electron chi connectivity index (χ1n) is 7.84. The predicted molar refractivity (Wildman–Crippen MR) is 104 cm³/mol. The van der Waals surface area contributed by atoms with Crippen molar-refractivity contribution in [1.82, 2.24) is 0 Å². The Labute approximate surface area is 174 Å². The second-order valence-electron chi connectivity index (χ2n) is 5.44. The summed E-state index contributed by atoms with van der Waals surface area (Å²) < 4.78 is 0. The van der Waals surface area contributed by atoms with Crippen LogP contribution in [0, 0.1) is 0 Å². The molecule has 5 heteroatoms. The molecule has 0 atom stereocenters. The zero-order valence-electron chi connectivity index (χ0n) is 13.4. The molecular formula is C21H18NNaO3. The van der Waals surface area contributed by atoms with Crippen LogP contribution < -0.4 is 0 Å². The Kier molecular flexibility index (Phi) is 7.16. The first-order chi connectivity index (χ1) is 12.2. The van der Waals surface area contributed by atoms with Gasteiger partial charge in [-0.05, 0) is 0 Å². The average molecular weight is 355 g/mol. The summed E-state index contributed by atoms with van der Waals surface area (Å²) in [6, 6.07) is 28.9. The van der Waals surface area contributed by atoms with Gasteiger partial charge in [-0.2, -0.15) is 0 Å². The van der Waals surface area contributed by atoms with Crippen LogP contribution in [-0.2, 0) is 15.2 Å². The fraction of sp³-hybridized carbons (Fsp3) is 0.0476. The van der Waals surface area contributed by atoms with E-state index in [1.165, 1.54) is 0 Å². The fourth-order valence-electron chi connectivity index (χ4n) is 2.83. The van der Waals surface area contributed by atoms with Gasteiger partial charge in [0.15, 0.2) is 6.21 Å². The predicted octanol–water partition coefficient (Wildman–Crippen LogP) is 3.42. The van der Waals surface area contributed by atoms with E-state index in [-0.39, 0.29) is 29.6 Å². The van der Waals surface area contributed by atoms with Gasteiger partial charge in [0.25, 0.3) is 0 Å². The molecule has 0 aromatic heterocycles. The van der Waals surface area contributed by atoms with E-state index < -0.39 is 11.6 Å². The number of benzene rings is 3. The summed E-state index contributed by atoms with van der Waals surface area (Å²) in [6.45, 7) is 0. The van der Waals surface area contributed by atoms with Crippen molar-refractivity contribution in [3.63, 3.8) is 0 Å². The standard InChI is InChI=1S/C21H17NO3.Na.H/c23-20(24)16-22-25-21(17-10-4-1-5-11-17,18-12-6-2-7-13-18)19-14-8-3-9-15-19;;/h1-16H,(H,23,24);;. The Bertz CT molecular complexity index is 756. The Morgan fingerprint density at radius 1 is 0.769 bits per heavy atom. The molecule has 4 nitrogen and oxygen atoms in total. The van der Waals surface area contributed by atoms with Crippen LogP contribution in [-0.4, -0.2) is 46.8 Å². The van der Waals surface area contributed by atoms with E-state index in [4.69, 9.17) is 9.94 Å². The van der Waals surface area contributed by atoms with Gasteiger partial charge in [0.1, 0.15) is 0 Å². The van der Waals surface area contributed by atoms with Gasteiger partial charge < -0.3 is 9.94 Å². The molecule has 0 amide bonds. The van der Waals surface area contributed by atoms with Crippen LogP contribution >= 0.6 is 0 Å². The van der Waals surface area contributed by atoms with Gasteiger partial charge in [-0.15, -0.1) is 0 Å². The second-order valence-corrected chi connectivity index (χ2v) is 5.44. The van der Waals surface area contributed by atoms with Crippen LogP contribution in [0.5, 0.6) is 0 Å². The van der Waals surface area contributed by atoms with Gasteiger partial charge in [-0.25, -0.2) is 4.79 Å². The number of nitrogens with zero attached hydrogens (tertiary/aromatic N) is 1. The van der Waals surface area contributed by atoms with Crippen molar-refractivity contribution in [1.29, 1.82) is 0 Å². The third-order valence-corrected chi connectivity index (χ3v) is 3.89. The van der Waals surface area contributed by atoms with Crippen molar-refractivity contribution < 1.29 is 14.7 Å². The van der Waals surface area contributed by atoms with Gasteiger partial charge in [0, 0.05) is 16.7 Å². The van der Waals surface area contributed by atoms with E-state index in [1.807, 2.05) is 91.0 Å². The number of carbonyl (C=O) groups is 1. The van der Waals surface area contributed by atoms with E-state index in [0.29, 0.717) is 0 Å². The molecule has 3 rings (SSSR count). The Morgan fingerprint density at radius 2 is 1.12 bits per heavy atom. The molecule has 0 aliphatic rings. The Balaban J connectivity index is 0.00000243. The first-order valence-corrected chi connectivity index (χ1v) is 7.84. The molecule has 3 aromatic carbocycles. The van der Waals surface area contributed by atoms with Crippen LogP contribution in [0.25, 0.3) is 0 Å². The zero-order valence-corrected chi connectivity index (χ0v) is 13.4. The van der Waals surface area contributed by atoms with Gasteiger partial charge in [-0.3, -0.25) is 0 Å². The number of aliphatic carboxylic acids is 1. The topological polar surface area (TPSA) is 58.9 Å². The van der Waals surface area contributed by atoms with E-state index in [1.54, 1.807) is 0 Å². The summed E-state index contributed by atoms with van der Waals surface area (Å²) in [6.07, 6.45) is 0.754. The SMILES string of the molecule is O=C(O)C=NOC(c1ccccc1)(c1ccccc1)c1ccccc1.[NaH]. The van der Waals surface area contributed by atoms with Gasteiger partial charge in [0.2, 0.25) is 5.60 Å². The average Bonchev–Trinajstić information content (AvgIpc) is 2.67. The summed E-state index contributed by atoms with van der Waals surface area (Å²) in [5.41, 5.74) is 1.52. The van der Waals surface area contributed by atoms with Crippen molar-refractivity contribution >= 4 is 41.7 Å². The molecule has 0 bridgehead atoms. The van der Waals surface area contributed by atoms with E-state index in [9.17, 15) is 4.79 Å². The molecule has 0 saturated carbocycles. The van der Waals surface area contributed by atoms with Crippen molar-refractivity contribution in [2.45, 2.75) is 5.60 Å². The maximum absolute atomic E-state index is 10.9. The van der Waals surface area contributed by atoms with Crippen molar-refractivity contribution in [2.75, 3.05) is 0 Å². The van der Waals surface area contributed by atoms with Gasteiger partial charge in [0.05, 0.1) is 0 Å². The number of hydrogen-bond acceptors (Lipinski definition) is 3. The summed E-state index contributed by atoms with van der Waals surface area (Å²) >= 11 is 0. The summed E-state index contributed by atoms with van der Waals surface area (Å²) in [7, 11) is 0. The minimum absolute atomic E-state index is 0. The molecule has 0 spiro atoms. The third-order valence-electron chi connectivity index (χ3n) is 3.89. The molecule has 0 fully saturated rings. The summed E-state index contributed by atoms with van der Waals surface area (Å²) in [5, 5.41) is 12.6. The Hall–Kier alpha value is -2.40. The molecule has 126 valence electrons. The first kappa shape index (κ1) is 19.9. The molecular weight excluding hydrogens is 337 g/mol. The van der Waals surface area contributed by atoms with Crippen molar-refractivity contribution in [3.8, 4) is 0 Å². The third kappa shape index (κ3) is 4.22.